The first kappa shape index (κ1) is 40.2. The van der Waals surface area contributed by atoms with Crippen molar-refractivity contribution in [2.24, 2.45) is 0 Å². The molecule has 4 aromatic carbocycles. The van der Waals surface area contributed by atoms with E-state index in [2.05, 4.69) is 85.9 Å². The van der Waals surface area contributed by atoms with Gasteiger partial charge in [0, 0.05) is 28.9 Å². The number of para-hydroxylation sites is 2. The second kappa shape index (κ2) is 17.4. The number of thioether (sulfide) groups is 1. The van der Waals surface area contributed by atoms with Gasteiger partial charge in [-0.1, -0.05) is 114 Å². The molecule has 1 unspecified atom stereocenters. The quantitative estimate of drug-likeness (QED) is 0.0315. The maximum atomic E-state index is 14.2. The predicted molar refractivity (Wildman–Crippen MR) is 216 cm³/mol. The molecule has 1 heterocycles. The molecule has 0 aliphatic carbocycles. The molecular formula is C42H47ClN6O4S. The van der Waals surface area contributed by atoms with Crippen molar-refractivity contribution in [1.29, 1.82) is 0 Å². The van der Waals surface area contributed by atoms with Crippen molar-refractivity contribution < 1.29 is 19.1 Å². The highest BCUT2D eigenvalue weighted by Crippen LogP contribution is 2.41. The smallest absolute Gasteiger partial charge is 0.264 e. The first-order chi connectivity index (χ1) is 25.8. The number of carbonyl (C=O) groups is 3. The van der Waals surface area contributed by atoms with Crippen LogP contribution in [0.1, 0.15) is 88.7 Å². The van der Waals surface area contributed by atoms with Crippen LogP contribution in [0.5, 0.6) is 5.75 Å². The molecule has 0 aliphatic rings. The van der Waals surface area contributed by atoms with Crippen molar-refractivity contribution in [3.63, 3.8) is 0 Å². The molecule has 0 saturated carbocycles. The number of carbonyl (C=O) groups excluding carboxylic acids is 3. The van der Waals surface area contributed by atoms with Crippen molar-refractivity contribution in [1.82, 2.24) is 20.2 Å². The Kier molecular flexibility index (Phi) is 13.0. The summed E-state index contributed by atoms with van der Waals surface area (Å²) in [6.07, 6.45) is 2.66. The topological polar surface area (TPSA) is 128 Å². The van der Waals surface area contributed by atoms with E-state index in [1.807, 2.05) is 18.2 Å². The van der Waals surface area contributed by atoms with Crippen LogP contribution in [0.15, 0.2) is 108 Å². The number of rotatable bonds is 17. The Balaban J connectivity index is 1.28. The van der Waals surface area contributed by atoms with Gasteiger partial charge in [-0.3, -0.25) is 14.4 Å². The van der Waals surface area contributed by atoms with Crippen LogP contribution in [0.2, 0.25) is 0 Å². The highest BCUT2D eigenvalue weighted by Gasteiger charge is 2.47. The second-order valence-electron chi connectivity index (χ2n) is 14.3. The Morgan fingerprint density at radius 2 is 1.46 bits per heavy atom. The summed E-state index contributed by atoms with van der Waals surface area (Å²) in [6, 6.07) is 30.6. The molecule has 1 aromatic heterocycles. The molecule has 0 fully saturated rings. The fourth-order valence-electron chi connectivity index (χ4n) is 5.59. The highest BCUT2D eigenvalue weighted by atomic mass is 35.5. The summed E-state index contributed by atoms with van der Waals surface area (Å²) < 4.78 is 5.44. The summed E-state index contributed by atoms with van der Waals surface area (Å²) in [5.74, 6) is -0.904. The molecule has 282 valence electrons. The lowest BCUT2D eigenvalue weighted by molar-refractivity contribution is -0.117. The molecule has 0 aliphatic heterocycles. The first-order valence-corrected chi connectivity index (χ1v) is 19.3. The van der Waals surface area contributed by atoms with Gasteiger partial charge in [0.2, 0.25) is 21.1 Å². The van der Waals surface area contributed by atoms with E-state index in [1.54, 1.807) is 60.7 Å². The molecule has 0 saturated heterocycles. The van der Waals surface area contributed by atoms with E-state index in [0.29, 0.717) is 41.9 Å². The number of amides is 2. The Morgan fingerprint density at radius 3 is 2.15 bits per heavy atom. The molecule has 12 heteroatoms. The number of ether oxygens (including phenoxy) is 1. The Morgan fingerprint density at radius 1 is 0.796 bits per heavy atom. The van der Waals surface area contributed by atoms with Gasteiger partial charge >= 0.3 is 0 Å². The van der Waals surface area contributed by atoms with Gasteiger partial charge in [0.25, 0.3) is 5.91 Å². The second-order valence-corrected chi connectivity index (χ2v) is 16.3. The van der Waals surface area contributed by atoms with E-state index in [0.717, 1.165) is 24.2 Å². The van der Waals surface area contributed by atoms with Gasteiger partial charge in [-0.2, -0.15) is 4.68 Å². The number of hydrogen-bond donors (Lipinski definition) is 2. The molecule has 10 nitrogen and oxygen atoms in total. The fraction of sp³-hybridized carbons (Fsp3) is 0.333. The van der Waals surface area contributed by atoms with Crippen LogP contribution in [0.4, 0.5) is 11.4 Å². The largest absolute Gasteiger partial charge is 0.493 e. The third-order valence-corrected chi connectivity index (χ3v) is 11.4. The summed E-state index contributed by atoms with van der Waals surface area (Å²) in [4.78, 5) is 41.2. The molecule has 0 spiro atoms. The van der Waals surface area contributed by atoms with Crippen LogP contribution in [0.25, 0.3) is 5.69 Å². The standard InChI is InChI=1S/C42H47ClN6O4S/c1-7-40(3,4)30-24-25-35(34(28-30)41(5,6)8-2)53-26-16-23-36(50)44-32-20-15-17-29(27-32)37(51)42(43,38(52)45-31-18-11-9-12-19-31)54-39-46-47-48-49(39)33-21-13-10-14-22-33/h9-15,17-22,24-25,27-28H,7-8,16,23,26H2,1-6H3,(H,44,50)(H,45,52). The zero-order valence-electron chi connectivity index (χ0n) is 31.6. The zero-order valence-corrected chi connectivity index (χ0v) is 33.1. The number of nitrogens with one attached hydrogen (secondary N) is 2. The van der Waals surface area contributed by atoms with Gasteiger partial charge in [0.05, 0.1) is 12.3 Å². The van der Waals surface area contributed by atoms with Gasteiger partial charge < -0.3 is 15.4 Å². The lowest BCUT2D eigenvalue weighted by Gasteiger charge is -2.30. The number of nitrogens with zero attached hydrogens (tertiary/aromatic N) is 4. The number of alkyl halides is 1. The molecule has 5 rings (SSSR count). The SMILES string of the molecule is CCC(C)(C)c1ccc(OCCCC(=O)Nc2cccc(C(=O)C(Cl)(Sc3nnnn3-c3ccccc3)C(=O)Nc3ccccc3)c2)c(C(C)(C)CC)c1. The third-order valence-electron chi connectivity index (χ3n) is 9.76. The van der Waals surface area contributed by atoms with Crippen molar-refractivity contribution >= 4 is 52.3 Å². The number of aromatic nitrogens is 4. The van der Waals surface area contributed by atoms with Crippen LogP contribution >= 0.6 is 23.4 Å². The molecule has 2 N–H and O–H groups in total. The van der Waals surface area contributed by atoms with E-state index in [4.69, 9.17) is 16.3 Å². The molecule has 1 atom stereocenters. The van der Waals surface area contributed by atoms with Crippen LogP contribution in [0.3, 0.4) is 0 Å². The van der Waals surface area contributed by atoms with Crippen LogP contribution in [-0.4, -0.2) is 48.6 Å². The van der Waals surface area contributed by atoms with Gasteiger partial charge in [0.15, 0.2) is 0 Å². The Hall–Kier alpha value is -5.00. The van der Waals surface area contributed by atoms with E-state index in [-0.39, 0.29) is 33.9 Å². The van der Waals surface area contributed by atoms with Crippen molar-refractivity contribution in [2.45, 2.75) is 87.4 Å². The summed E-state index contributed by atoms with van der Waals surface area (Å²) in [5, 5.41) is 17.6. The Bertz CT molecular complexity index is 2070. The monoisotopic (exact) mass is 766 g/mol. The van der Waals surface area contributed by atoms with E-state index in [9.17, 15) is 14.4 Å². The van der Waals surface area contributed by atoms with Crippen molar-refractivity contribution in [3.8, 4) is 11.4 Å². The van der Waals surface area contributed by atoms with Crippen LogP contribution in [-0.2, 0) is 20.4 Å². The maximum absolute atomic E-state index is 14.2. The van der Waals surface area contributed by atoms with E-state index < -0.39 is 15.9 Å². The van der Waals surface area contributed by atoms with Crippen LogP contribution in [0, 0.1) is 0 Å². The van der Waals surface area contributed by atoms with Crippen molar-refractivity contribution in [2.75, 3.05) is 17.2 Å². The molecule has 0 bridgehead atoms. The van der Waals surface area contributed by atoms with E-state index in [1.165, 1.54) is 16.3 Å². The highest BCUT2D eigenvalue weighted by molar-refractivity contribution is 8.03. The number of benzene rings is 4. The number of hydrogen-bond acceptors (Lipinski definition) is 8. The lowest BCUT2D eigenvalue weighted by Crippen LogP contribution is -2.42. The molecule has 2 amide bonds. The predicted octanol–water partition coefficient (Wildman–Crippen LogP) is 9.38. The fourth-order valence-corrected chi connectivity index (χ4v) is 6.87. The molecule has 5 aromatic rings. The average molecular weight is 767 g/mol. The molecule has 0 radical (unpaired) electrons. The molecular weight excluding hydrogens is 720 g/mol. The summed E-state index contributed by atoms with van der Waals surface area (Å²) in [5.41, 5.74) is 3.99. The third kappa shape index (κ3) is 9.56. The minimum Gasteiger partial charge on any atom is -0.493 e. The average Bonchev–Trinajstić information content (AvgIpc) is 3.64. The number of ketones is 1. The van der Waals surface area contributed by atoms with Gasteiger partial charge in [0.1, 0.15) is 5.75 Å². The van der Waals surface area contributed by atoms with Crippen LogP contribution < -0.4 is 15.4 Å². The minimum atomic E-state index is -2.23. The normalized spacial score (nSPS) is 12.8. The summed E-state index contributed by atoms with van der Waals surface area (Å²) >= 11 is 7.76. The van der Waals surface area contributed by atoms with E-state index >= 15 is 0 Å². The van der Waals surface area contributed by atoms with Gasteiger partial charge in [-0.05, 0) is 100 Å². The van der Waals surface area contributed by atoms with Gasteiger partial charge in [-0.15, -0.1) is 5.10 Å². The number of tetrazole rings is 1. The van der Waals surface area contributed by atoms with Crippen molar-refractivity contribution in [3.05, 3.63) is 120 Å². The molecule has 54 heavy (non-hydrogen) atoms. The summed E-state index contributed by atoms with van der Waals surface area (Å²) in [7, 11) is 0. The number of anilines is 2. The lowest BCUT2D eigenvalue weighted by atomic mass is 9.76. The zero-order chi connectivity index (χ0) is 38.9. The maximum Gasteiger partial charge on any atom is 0.264 e. The summed E-state index contributed by atoms with van der Waals surface area (Å²) in [6.45, 7) is 13.7. The number of halogens is 1. The van der Waals surface area contributed by atoms with Gasteiger partial charge in [-0.25, -0.2) is 0 Å². The Labute approximate surface area is 326 Å². The number of Topliss-reactive ketones (excluding diaryl/α,β-unsaturated/α-hetero) is 1. The minimum absolute atomic E-state index is 0.0521. The first-order valence-electron chi connectivity index (χ1n) is 18.1.